The van der Waals surface area contributed by atoms with E-state index in [-0.39, 0.29) is 9.52 Å². The van der Waals surface area contributed by atoms with E-state index < -0.39 is 0 Å². The molecule has 2 heteroatoms. The Morgan fingerprint density at radius 3 is 2.64 bits per heavy atom. The molecule has 0 N–H and O–H groups in total. The Balaban J connectivity index is 2.21. The third-order valence-corrected chi connectivity index (χ3v) is 5.28. The van der Waals surface area contributed by atoms with Crippen LogP contribution in [-0.4, -0.2) is 9.52 Å². The topological polar surface area (TPSA) is 0 Å². The molecule has 0 fully saturated rings. The lowest BCUT2D eigenvalue weighted by Gasteiger charge is -2.03. The van der Waals surface area contributed by atoms with Gasteiger partial charge in [0.2, 0.25) is 0 Å². The van der Waals surface area contributed by atoms with Gasteiger partial charge in [-0.25, -0.2) is 0 Å². The second-order valence-electron chi connectivity index (χ2n) is 3.79. The van der Waals surface area contributed by atoms with Crippen LogP contribution in [0, 0.1) is 0 Å². The summed E-state index contributed by atoms with van der Waals surface area (Å²) in [6.45, 7) is 2.26. The molecule has 0 atom stereocenters. The van der Waals surface area contributed by atoms with E-state index in [1.165, 1.54) is 41.8 Å². The number of hydrogen-bond acceptors (Lipinski definition) is 1. The van der Waals surface area contributed by atoms with Gasteiger partial charge in [-0.3, -0.25) is 0 Å². The predicted octanol–water partition coefficient (Wildman–Crippen LogP) is 2.77. The van der Waals surface area contributed by atoms with Crippen molar-refractivity contribution >= 4 is 27.3 Å². The van der Waals surface area contributed by atoms with Crippen LogP contribution >= 0.6 is 12.6 Å². The number of thiol groups is 1. The molecule has 0 aliphatic heterocycles. The second kappa shape index (κ2) is 7.13. The van der Waals surface area contributed by atoms with Crippen LogP contribution in [0.1, 0.15) is 32.6 Å². The Bertz CT molecular complexity index is 260. The zero-order chi connectivity index (χ0) is 10.2. The maximum absolute atomic E-state index is 4.48. The van der Waals surface area contributed by atoms with E-state index in [0.717, 1.165) is 0 Å². The summed E-state index contributed by atoms with van der Waals surface area (Å²) in [6, 6.07) is 9.99. The lowest BCUT2D eigenvalue weighted by molar-refractivity contribution is 0.701. The molecule has 0 saturated carbocycles. The first kappa shape index (κ1) is 11.9. The molecule has 0 heterocycles. The molecular formula is C12H20SSi. The van der Waals surface area contributed by atoms with Gasteiger partial charge in [-0.15, -0.1) is 12.6 Å². The minimum absolute atomic E-state index is 0.0447. The predicted molar refractivity (Wildman–Crippen MR) is 70.8 cm³/mol. The van der Waals surface area contributed by atoms with Crippen LogP contribution in [0.4, 0.5) is 0 Å². The van der Waals surface area contributed by atoms with Crippen molar-refractivity contribution in [2.24, 2.45) is 0 Å². The summed E-state index contributed by atoms with van der Waals surface area (Å²) in [7, 11) is -0.0447. The zero-order valence-electron chi connectivity index (χ0n) is 9.00. The van der Waals surface area contributed by atoms with Gasteiger partial charge in [0.1, 0.15) is 0 Å². The average Bonchev–Trinajstić information content (AvgIpc) is 2.20. The van der Waals surface area contributed by atoms with Crippen LogP contribution in [0.2, 0.25) is 6.04 Å². The summed E-state index contributed by atoms with van der Waals surface area (Å²) in [4.78, 5) is 1.20. The van der Waals surface area contributed by atoms with Crippen molar-refractivity contribution in [3.05, 3.63) is 24.3 Å². The van der Waals surface area contributed by atoms with Gasteiger partial charge in [-0.1, -0.05) is 62.0 Å². The molecule has 1 aromatic carbocycles. The monoisotopic (exact) mass is 224 g/mol. The van der Waals surface area contributed by atoms with Crippen LogP contribution < -0.4 is 5.19 Å². The molecule has 1 aromatic rings. The maximum atomic E-state index is 4.48. The van der Waals surface area contributed by atoms with Crippen LogP contribution in [0.15, 0.2) is 29.2 Å². The summed E-state index contributed by atoms with van der Waals surface area (Å²) in [5.74, 6) is 0. The molecule has 0 unspecified atom stereocenters. The average molecular weight is 224 g/mol. The molecule has 0 aromatic heterocycles. The van der Waals surface area contributed by atoms with Gasteiger partial charge in [-0.2, -0.15) is 0 Å². The Morgan fingerprint density at radius 1 is 1.14 bits per heavy atom. The summed E-state index contributed by atoms with van der Waals surface area (Å²) in [6.07, 6.45) is 5.57. The fraction of sp³-hybridized carbons (Fsp3) is 0.500. The quantitative estimate of drug-likeness (QED) is 0.429. The van der Waals surface area contributed by atoms with E-state index in [1.54, 1.807) is 0 Å². The zero-order valence-corrected chi connectivity index (χ0v) is 11.3. The van der Waals surface area contributed by atoms with Crippen molar-refractivity contribution in [2.45, 2.75) is 43.5 Å². The van der Waals surface area contributed by atoms with Crippen molar-refractivity contribution in [2.75, 3.05) is 0 Å². The third kappa shape index (κ3) is 4.34. The van der Waals surface area contributed by atoms with Gasteiger partial charge in [-0.05, 0) is 6.07 Å². The first-order valence-corrected chi connectivity index (χ1v) is 7.77. The summed E-state index contributed by atoms with van der Waals surface area (Å²) in [5, 5.41) is 1.53. The Labute approximate surface area is 95.4 Å². The number of unbranched alkanes of at least 4 members (excludes halogenated alkanes) is 3. The molecule has 1 rings (SSSR count). The number of rotatable bonds is 6. The van der Waals surface area contributed by atoms with Gasteiger partial charge in [0.25, 0.3) is 0 Å². The fourth-order valence-corrected chi connectivity index (χ4v) is 3.80. The Morgan fingerprint density at radius 2 is 1.93 bits per heavy atom. The molecule has 0 bridgehead atoms. The lowest BCUT2D eigenvalue weighted by atomic mass is 10.2. The SMILES string of the molecule is CCCCCC[SiH2]c1ccccc1S. The summed E-state index contributed by atoms with van der Waals surface area (Å²) < 4.78 is 0. The van der Waals surface area contributed by atoms with E-state index in [1.807, 2.05) is 0 Å². The molecule has 0 saturated heterocycles. The summed E-state index contributed by atoms with van der Waals surface area (Å²) in [5.41, 5.74) is 0. The highest BCUT2D eigenvalue weighted by atomic mass is 32.1. The smallest absolute Gasteiger partial charge is 0.0562 e. The van der Waals surface area contributed by atoms with E-state index in [2.05, 4.69) is 43.8 Å². The molecule has 0 aliphatic carbocycles. The van der Waals surface area contributed by atoms with Crippen molar-refractivity contribution in [3.8, 4) is 0 Å². The maximum Gasteiger partial charge on any atom is 0.0562 e. The van der Waals surface area contributed by atoms with Crippen LogP contribution in [0.25, 0.3) is 0 Å². The highest BCUT2D eigenvalue weighted by molar-refractivity contribution is 7.80. The van der Waals surface area contributed by atoms with E-state index in [0.29, 0.717) is 0 Å². The Hall–Kier alpha value is -0.213. The molecule has 0 amide bonds. The standard InChI is InChI=1S/C12H20SSi/c1-2-3-4-7-10-14-12-9-6-5-8-11(12)13/h5-6,8-9,13H,2-4,7,10,14H2,1H3. The normalized spacial score (nSPS) is 11.3. The molecular weight excluding hydrogens is 204 g/mol. The Kier molecular flexibility index (Phi) is 6.04. The minimum atomic E-state index is -0.0447. The van der Waals surface area contributed by atoms with E-state index in [4.69, 9.17) is 0 Å². The first-order chi connectivity index (χ1) is 6.84. The van der Waals surface area contributed by atoms with Crippen molar-refractivity contribution in [3.63, 3.8) is 0 Å². The van der Waals surface area contributed by atoms with Gasteiger partial charge in [0.15, 0.2) is 0 Å². The lowest BCUT2D eigenvalue weighted by Crippen LogP contribution is -2.14. The molecule has 0 nitrogen and oxygen atoms in total. The van der Waals surface area contributed by atoms with Gasteiger partial charge >= 0.3 is 0 Å². The molecule has 14 heavy (non-hydrogen) atoms. The highest BCUT2D eigenvalue weighted by Crippen LogP contribution is 2.05. The minimum Gasteiger partial charge on any atom is -0.144 e. The first-order valence-electron chi connectivity index (χ1n) is 5.61. The van der Waals surface area contributed by atoms with Crippen LogP contribution in [0.5, 0.6) is 0 Å². The van der Waals surface area contributed by atoms with Gasteiger partial charge < -0.3 is 0 Å². The van der Waals surface area contributed by atoms with Crippen LogP contribution in [0.3, 0.4) is 0 Å². The van der Waals surface area contributed by atoms with Crippen molar-refractivity contribution < 1.29 is 0 Å². The van der Waals surface area contributed by atoms with E-state index >= 15 is 0 Å². The van der Waals surface area contributed by atoms with Crippen LogP contribution in [-0.2, 0) is 0 Å². The van der Waals surface area contributed by atoms with Crippen molar-refractivity contribution in [1.29, 1.82) is 0 Å². The second-order valence-corrected chi connectivity index (χ2v) is 6.24. The number of hydrogen-bond donors (Lipinski definition) is 1. The number of benzene rings is 1. The van der Waals surface area contributed by atoms with Crippen molar-refractivity contribution in [1.82, 2.24) is 0 Å². The molecule has 0 radical (unpaired) electrons. The highest BCUT2D eigenvalue weighted by Gasteiger charge is 1.97. The molecule has 0 aliphatic rings. The largest absolute Gasteiger partial charge is 0.144 e. The third-order valence-electron chi connectivity index (χ3n) is 2.54. The molecule has 78 valence electrons. The summed E-state index contributed by atoms with van der Waals surface area (Å²) >= 11 is 4.48. The fourth-order valence-electron chi connectivity index (χ4n) is 1.64. The molecule has 0 spiro atoms. The van der Waals surface area contributed by atoms with Gasteiger partial charge in [0, 0.05) is 4.90 Å². The van der Waals surface area contributed by atoms with Gasteiger partial charge in [0.05, 0.1) is 9.52 Å². The van der Waals surface area contributed by atoms with E-state index in [9.17, 15) is 0 Å².